The Bertz CT molecular complexity index is 325. The Balaban J connectivity index is 0.00000225. The second kappa shape index (κ2) is 7.71. The van der Waals surface area contributed by atoms with Crippen molar-refractivity contribution in [3.05, 3.63) is 37.7 Å². The van der Waals surface area contributed by atoms with Crippen LogP contribution in [0.3, 0.4) is 0 Å². The average molecular weight is 296 g/mol. The number of nitrogens with zero attached hydrogens (tertiary/aromatic N) is 2. The molecule has 5 nitrogen and oxygen atoms in total. The van der Waals surface area contributed by atoms with Crippen LogP contribution in [0.25, 0.3) is 0 Å². The number of hydroxylamine groups is 1. The first-order chi connectivity index (χ1) is 7.22. The molecule has 1 heterocycles. The fourth-order valence-corrected chi connectivity index (χ4v) is 1.11. The van der Waals surface area contributed by atoms with Crippen LogP contribution < -0.4 is 10.4 Å². The Labute approximate surface area is 120 Å². The van der Waals surface area contributed by atoms with E-state index in [2.05, 4.69) is 18.8 Å². The maximum Gasteiger partial charge on any atom is 0.276 e. The van der Waals surface area contributed by atoms with Crippen LogP contribution >= 0.6 is 0 Å². The molecule has 1 aromatic rings. The number of aromatic nitrogens is 1. The third-order valence-electron chi connectivity index (χ3n) is 1.98. The molecule has 0 aliphatic rings. The quantitative estimate of drug-likeness (QED) is 0.487. The van der Waals surface area contributed by atoms with Crippen molar-refractivity contribution >= 4 is 11.7 Å². The molecule has 0 spiro atoms. The van der Waals surface area contributed by atoms with Crippen LogP contribution in [-0.4, -0.2) is 29.2 Å². The molecule has 1 radical (unpaired) electrons. The second-order valence-electron chi connectivity index (χ2n) is 2.83. The second-order valence-corrected chi connectivity index (χ2v) is 2.83. The number of rotatable bonds is 4. The molecule has 1 rings (SSSR count). The van der Waals surface area contributed by atoms with Gasteiger partial charge in [-0.2, -0.15) is 0 Å². The van der Waals surface area contributed by atoms with E-state index in [0.717, 1.165) is 0 Å². The van der Waals surface area contributed by atoms with Gasteiger partial charge in [0.2, 0.25) is 0 Å². The number of pyridine rings is 1. The van der Waals surface area contributed by atoms with E-state index < -0.39 is 5.91 Å². The summed E-state index contributed by atoms with van der Waals surface area (Å²) in [5.74, 6) is 0.124. The molecule has 0 saturated carbocycles. The Morgan fingerprint density at radius 1 is 1.44 bits per heavy atom. The molecular formula is C10H13N3O2Y-2. The molecule has 0 atom stereocenters. The molecule has 1 aromatic heterocycles. The number of anilines is 1. The zero-order valence-electron chi connectivity index (χ0n) is 8.89. The normalized spacial score (nSPS) is 9.19. The average Bonchev–Trinajstić information content (AvgIpc) is 2.30. The summed E-state index contributed by atoms with van der Waals surface area (Å²) < 4.78 is 0. The molecule has 85 valence electrons. The molecule has 6 heteroatoms. The number of hydrogen-bond acceptors (Lipinski definition) is 4. The van der Waals surface area contributed by atoms with Gasteiger partial charge in [-0.05, 0) is 12.1 Å². The van der Waals surface area contributed by atoms with E-state index >= 15 is 0 Å². The fourth-order valence-electron chi connectivity index (χ4n) is 1.11. The summed E-state index contributed by atoms with van der Waals surface area (Å²) in [7, 11) is 0. The van der Waals surface area contributed by atoms with Gasteiger partial charge in [0.25, 0.3) is 5.91 Å². The van der Waals surface area contributed by atoms with Crippen molar-refractivity contribution < 1.29 is 42.7 Å². The summed E-state index contributed by atoms with van der Waals surface area (Å²) >= 11 is 0. The van der Waals surface area contributed by atoms with Gasteiger partial charge in [0.15, 0.2) is 0 Å². The summed E-state index contributed by atoms with van der Waals surface area (Å²) in [5.41, 5.74) is 1.84. The van der Waals surface area contributed by atoms with Gasteiger partial charge in [0.1, 0.15) is 5.82 Å². The van der Waals surface area contributed by atoms with Gasteiger partial charge < -0.3 is 18.7 Å². The van der Waals surface area contributed by atoms with E-state index in [1.807, 2.05) is 4.90 Å². The van der Waals surface area contributed by atoms with Crippen molar-refractivity contribution in [3.63, 3.8) is 0 Å². The molecule has 0 unspecified atom stereocenters. The molecule has 0 saturated heterocycles. The van der Waals surface area contributed by atoms with Crippen LogP contribution in [-0.2, 0) is 32.7 Å². The first-order valence-corrected chi connectivity index (χ1v) is 4.46. The maximum absolute atomic E-state index is 11.0. The topological polar surface area (TPSA) is 65.5 Å². The molecule has 0 aliphatic heterocycles. The summed E-state index contributed by atoms with van der Waals surface area (Å²) in [6, 6.07) is 3.26. The standard InChI is InChI=1S/C10H13N3O2.Y/c1-3-13(4-2)9-6-5-8(7-11-9)10(14)12-15;/h5-7,15H,1-4H2,(H,12,14);/q-2;. The minimum Gasteiger partial charge on any atom is -0.417 e. The van der Waals surface area contributed by atoms with Crippen molar-refractivity contribution in [1.29, 1.82) is 0 Å². The fraction of sp³-hybridized carbons (Fsp3) is 0.200. The maximum atomic E-state index is 11.0. The summed E-state index contributed by atoms with van der Waals surface area (Å²) in [5, 5.41) is 8.40. The molecule has 0 bridgehead atoms. The molecule has 1 amide bonds. The predicted octanol–water partition coefficient (Wildman–Crippen LogP) is 0.673. The van der Waals surface area contributed by atoms with Crippen LogP contribution in [0, 0.1) is 13.8 Å². The number of carbonyl (C=O) groups excluding carboxylic acids is 1. The van der Waals surface area contributed by atoms with E-state index in [1.54, 1.807) is 17.6 Å². The van der Waals surface area contributed by atoms with Crippen LogP contribution in [0.1, 0.15) is 10.4 Å². The molecule has 0 aliphatic carbocycles. The Morgan fingerprint density at radius 3 is 2.44 bits per heavy atom. The van der Waals surface area contributed by atoms with Crippen LogP contribution in [0.5, 0.6) is 0 Å². The SMILES string of the molecule is [CH2-]CN(C[CH2-])c1ccc(C(=O)NO)cn1.[Y]. The minimum absolute atomic E-state index is 0. The molecule has 0 aromatic carbocycles. The van der Waals surface area contributed by atoms with E-state index in [4.69, 9.17) is 5.21 Å². The summed E-state index contributed by atoms with van der Waals surface area (Å²) in [6.07, 6.45) is 1.39. The number of hydrogen-bond donors (Lipinski definition) is 2. The van der Waals surface area contributed by atoms with Gasteiger partial charge >= 0.3 is 0 Å². The summed E-state index contributed by atoms with van der Waals surface area (Å²) in [6.45, 7) is 8.58. The molecule has 2 N–H and O–H groups in total. The van der Waals surface area contributed by atoms with Gasteiger partial charge in [-0.3, -0.25) is 10.0 Å². The van der Waals surface area contributed by atoms with Gasteiger partial charge in [0, 0.05) is 38.9 Å². The molecule has 16 heavy (non-hydrogen) atoms. The minimum atomic E-state index is -0.579. The molecular weight excluding hydrogens is 283 g/mol. The van der Waals surface area contributed by atoms with E-state index in [1.165, 1.54) is 6.20 Å². The van der Waals surface area contributed by atoms with Crippen molar-refractivity contribution in [3.8, 4) is 0 Å². The number of carbonyl (C=O) groups is 1. The van der Waals surface area contributed by atoms with Gasteiger partial charge in [-0.1, -0.05) is 0 Å². The zero-order chi connectivity index (χ0) is 11.3. The predicted molar refractivity (Wildman–Crippen MR) is 56.4 cm³/mol. The van der Waals surface area contributed by atoms with Crippen molar-refractivity contribution in [2.45, 2.75) is 0 Å². The van der Waals surface area contributed by atoms with Crippen LogP contribution in [0.2, 0.25) is 0 Å². The van der Waals surface area contributed by atoms with E-state index in [-0.39, 0.29) is 32.7 Å². The third-order valence-corrected chi connectivity index (χ3v) is 1.98. The zero-order valence-corrected chi connectivity index (χ0v) is 11.7. The van der Waals surface area contributed by atoms with E-state index in [9.17, 15) is 4.79 Å². The first-order valence-electron chi connectivity index (χ1n) is 4.46. The first kappa shape index (κ1) is 15.5. The van der Waals surface area contributed by atoms with Gasteiger partial charge in [0.05, 0.1) is 5.56 Å². The van der Waals surface area contributed by atoms with Crippen molar-refractivity contribution in [2.75, 3.05) is 18.0 Å². The van der Waals surface area contributed by atoms with Gasteiger partial charge in [-0.25, -0.2) is 10.5 Å². The Morgan fingerprint density at radius 2 is 2.06 bits per heavy atom. The van der Waals surface area contributed by atoms with Crippen LogP contribution in [0.15, 0.2) is 18.3 Å². The van der Waals surface area contributed by atoms with Gasteiger partial charge in [-0.15, -0.1) is 13.1 Å². The summed E-state index contributed by atoms with van der Waals surface area (Å²) in [4.78, 5) is 16.9. The van der Waals surface area contributed by atoms with E-state index in [0.29, 0.717) is 24.5 Å². The van der Waals surface area contributed by atoms with Crippen molar-refractivity contribution in [2.24, 2.45) is 0 Å². The van der Waals surface area contributed by atoms with Crippen LogP contribution in [0.4, 0.5) is 5.82 Å². The Kier molecular flexibility index (Phi) is 7.46. The monoisotopic (exact) mass is 296 g/mol. The smallest absolute Gasteiger partial charge is 0.276 e. The number of nitrogens with one attached hydrogen (secondary N) is 1. The third kappa shape index (κ3) is 3.81. The largest absolute Gasteiger partial charge is 0.417 e. The molecule has 0 fully saturated rings. The Hall–Kier alpha value is -0.516. The van der Waals surface area contributed by atoms with Crippen molar-refractivity contribution in [1.82, 2.24) is 10.5 Å². The number of amides is 1.